The molecule has 70 heavy (non-hydrogen) atoms. The molecule has 2 N–H and O–H groups in total. The summed E-state index contributed by atoms with van der Waals surface area (Å²) >= 11 is 7.54. The maximum atomic E-state index is 13.0. The lowest BCUT2D eigenvalue weighted by atomic mass is 10.0. The van der Waals surface area contributed by atoms with Gasteiger partial charge in [0.25, 0.3) is 5.91 Å². The number of carbonyl (C=O) groups excluding carboxylic acids is 1. The van der Waals surface area contributed by atoms with E-state index in [0.29, 0.717) is 0 Å². The van der Waals surface area contributed by atoms with Crippen LogP contribution in [0.4, 0.5) is 0 Å². The van der Waals surface area contributed by atoms with Gasteiger partial charge < -0.3 is 15.0 Å². The summed E-state index contributed by atoms with van der Waals surface area (Å²) in [4.78, 5) is 34.6. The summed E-state index contributed by atoms with van der Waals surface area (Å²) in [6.45, 7) is 11.7. The third-order valence-electron chi connectivity index (χ3n) is 13.6. The van der Waals surface area contributed by atoms with Crippen LogP contribution in [0.3, 0.4) is 0 Å². The third-order valence-corrected chi connectivity index (χ3v) is 18.8. The van der Waals surface area contributed by atoms with Gasteiger partial charge in [-0.25, -0.2) is 0 Å². The minimum atomic E-state index is -1.14. The number of aromatic nitrogens is 1. The summed E-state index contributed by atoms with van der Waals surface area (Å²) in [6, 6.07) is 27.9. The number of aliphatic carboxylic acids is 1. The average molecular weight is 1010 g/mol. The molecule has 5 heterocycles. The Kier molecular flexibility index (Phi) is 20.1. The minimum absolute atomic E-state index is 0.0685. The van der Waals surface area contributed by atoms with Crippen molar-refractivity contribution in [1.82, 2.24) is 9.88 Å². The molecule has 7 rings (SSSR count). The second-order valence-electron chi connectivity index (χ2n) is 18.9. The first kappa shape index (κ1) is 53.0. The fourth-order valence-electron chi connectivity index (χ4n) is 9.75. The number of unbranched alkanes of at least 4 members (excludes halogenated alkanes) is 12. The van der Waals surface area contributed by atoms with Crippen molar-refractivity contribution in [3.8, 4) is 45.8 Å². The van der Waals surface area contributed by atoms with Gasteiger partial charge in [0.15, 0.2) is 0 Å². The Morgan fingerprint density at radius 1 is 0.571 bits per heavy atom. The number of amides is 1. The SMILES string of the molecule is CCCCCCc1cc(-c2sc(-c3sc(-c4sc(-c5ccc6c(c5)c5ccccc5n6CC)cc4CCCCCC)cc3CCCCCC)cc2CCCCCC)sc1/C=C(\C#N)C(=O)NCC(=O)O. The number of carbonyl (C=O) groups is 2. The summed E-state index contributed by atoms with van der Waals surface area (Å²) in [6.07, 6.45) is 24.7. The van der Waals surface area contributed by atoms with E-state index in [1.807, 2.05) is 34.0 Å². The summed E-state index contributed by atoms with van der Waals surface area (Å²) in [5.41, 5.74) is 9.28. The highest BCUT2D eigenvalue weighted by atomic mass is 32.1. The number of nitriles is 1. The quantitative estimate of drug-likeness (QED) is 0.0278. The predicted molar refractivity (Wildman–Crippen MR) is 304 cm³/mol. The molecule has 5 aromatic heterocycles. The number of thiophene rings is 4. The second-order valence-corrected chi connectivity index (χ2v) is 23.1. The van der Waals surface area contributed by atoms with Crippen LogP contribution in [0.1, 0.15) is 164 Å². The molecule has 1 amide bonds. The van der Waals surface area contributed by atoms with Gasteiger partial charge in [0.2, 0.25) is 0 Å². The lowest BCUT2D eigenvalue weighted by Crippen LogP contribution is -2.30. The maximum Gasteiger partial charge on any atom is 0.322 e. The van der Waals surface area contributed by atoms with Crippen molar-refractivity contribution < 1.29 is 14.7 Å². The van der Waals surface area contributed by atoms with Gasteiger partial charge in [-0.1, -0.05) is 129 Å². The van der Waals surface area contributed by atoms with Gasteiger partial charge in [-0.2, -0.15) is 5.26 Å². The molecule has 370 valence electrons. The molecule has 0 bridgehead atoms. The summed E-state index contributed by atoms with van der Waals surface area (Å²) in [7, 11) is 0. The van der Waals surface area contributed by atoms with Crippen molar-refractivity contribution in [2.24, 2.45) is 0 Å². The Balaban J connectivity index is 1.33. The van der Waals surface area contributed by atoms with Crippen LogP contribution < -0.4 is 5.32 Å². The molecule has 0 spiro atoms. The topological polar surface area (TPSA) is 95.1 Å². The van der Waals surface area contributed by atoms with Gasteiger partial charge in [-0.15, -0.1) is 45.3 Å². The standard InChI is InChI=1S/C60H73N3O3S4/c1-6-11-15-19-25-41-34-53(67-51(41)38-46(39-61)60(66)62-40-56(64)65)57-44(27-21-17-13-8-3)36-55(69-57)59-45(28-22-18-14-9-4)37-54(70-59)58-43(26-20-16-12-7-2)35-52(68-58)42-31-32-50-48(33-42)47-29-23-24-30-49(47)63(50)10-5/h23-24,29-38H,6-22,25-28,40H2,1-5H3,(H,62,66)(H,64,65)/b46-38+. The number of aryl methyl sites for hydroxylation is 5. The van der Waals surface area contributed by atoms with Crippen molar-refractivity contribution in [3.63, 3.8) is 0 Å². The minimum Gasteiger partial charge on any atom is -0.480 e. The number of hydrogen-bond donors (Lipinski definition) is 2. The van der Waals surface area contributed by atoms with Crippen LogP contribution >= 0.6 is 45.3 Å². The van der Waals surface area contributed by atoms with Gasteiger partial charge in [0.1, 0.15) is 18.2 Å². The van der Waals surface area contributed by atoms with Gasteiger partial charge >= 0.3 is 5.97 Å². The van der Waals surface area contributed by atoms with Crippen LogP contribution in [-0.2, 0) is 41.8 Å². The van der Waals surface area contributed by atoms with E-state index in [9.17, 15) is 20.0 Å². The molecule has 0 atom stereocenters. The van der Waals surface area contributed by atoms with Crippen molar-refractivity contribution in [3.05, 3.63) is 99.4 Å². The van der Waals surface area contributed by atoms with E-state index in [1.54, 1.807) is 17.4 Å². The van der Waals surface area contributed by atoms with E-state index in [2.05, 4.69) is 117 Å². The Bertz CT molecular complexity index is 2910. The fourth-order valence-corrected chi connectivity index (χ4v) is 14.9. The molecule has 6 nitrogen and oxygen atoms in total. The zero-order valence-electron chi connectivity index (χ0n) is 42.3. The maximum absolute atomic E-state index is 13.0. The third kappa shape index (κ3) is 13.2. The highest BCUT2D eigenvalue weighted by Gasteiger charge is 2.24. The molecule has 0 unspecified atom stereocenters. The molecule has 0 aliphatic carbocycles. The number of rotatable bonds is 29. The van der Waals surface area contributed by atoms with Gasteiger partial charge in [-0.3, -0.25) is 9.59 Å². The molecule has 2 aromatic carbocycles. The number of hydrogen-bond acceptors (Lipinski definition) is 7. The van der Waals surface area contributed by atoms with Crippen molar-refractivity contribution in [1.29, 1.82) is 5.26 Å². The molecule has 0 aliphatic heterocycles. The fraction of sp³-hybridized carbons (Fsp3) is 0.450. The first-order valence-electron chi connectivity index (χ1n) is 26.4. The van der Waals surface area contributed by atoms with Crippen LogP contribution in [0.5, 0.6) is 0 Å². The lowest BCUT2D eigenvalue weighted by molar-refractivity contribution is -0.137. The monoisotopic (exact) mass is 1010 g/mol. The predicted octanol–water partition coefficient (Wildman–Crippen LogP) is 18.3. The lowest BCUT2D eigenvalue weighted by Gasteiger charge is -2.03. The number of para-hydroxylation sites is 1. The number of benzene rings is 2. The Morgan fingerprint density at radius 2 is 1.04 bits per heavy atom. The van der Waals surface area contributed by atoms with Gasteiger partial charge in [0, 0.05) is 67.4 Å². The average Bonchev–Trinajstić information content (AvgIpc) is 4.22. The normalized spacial score (nSPS) is 11.9. The van der Waals surface area contributed by atoms with Crippen LogP contribution in [0, 0.1) is 11.3 Å². The smallest absolute Gasteiger partial charge is 0.322 e. The molecule has 0 saturated heterocycles. The zero-order valence-corrected chi connectivity index (χ0v) is 45.5. The Hall–Kier alpha value is -4.79. The van der Waals surface area contributed by atoms with E-state index in [0.717, 1.165) is 74.8 Å². The Labute approximate surface area is 433 Å². The molecular formula is C60H73N3O3S4. The van der Waals surface area contributed by atoms with E-state index in [-0.39, 0.29) is 5.57 Å². The molecular weight excluding hydrogens is 939 g/mol. The zero-order chi connectivity index (χ0) is 49.4. The number of carboxylic acids is 1. The van der Waals surface area contributed by atoms with E-state index >= 15 is 0 Å². The number of fused-ring (bicyclic) bond motifs is 3. The molecule has 0 radical (unpaired) electrons. The van der Waals surface area contributed by atoms with Crippen LogP contribution in [0.15, 0.2) is 72.3 Å². The Morgan fingerprint density at radius 3 is 1.56 bits per heavy atom. The highest BCUT2D eigenvalue weighted by Crippen LogP contribution is 2.50. The van der Waals surface area contributed by atoms with E-state index in [1.165, 1.54) is 149 Å². The van der Waals surface area contributed by atoms with Crippen LogP contribution in [0.25, 0.3) is 67.6 Å². The molecule has 7 aromatic rings. The summed E-state index contributed by atoms with van der Waals surface area (Å²) in [5.74, 6) is -1.80. The van der Waals surface area contributed by atoms with Crippen molar-refractivity contribution >= 4 is 85.1 Å². The summed E-state index contributed by atoms with van der Waals surface area (Å²) in [5, 5.41) is 24.4. The van der Waals surface area contributed by atoms with Crippen LogP contribution in [-0.4, -0.2) is 28.1 Å². The highest BCUT2D eigenvalue weighted by molar-refractivity contribution is 7.29. The van der Waals surface area contributed by atoms with Crippen molar-refractivity contribution in [2.75, 3.05) is 6.54 Å². The molecule has 0 saturated carbocycles. The van der Waals surface area contributed by atoms with Crippen LogP contribution in [0.2, 0.25) is 0 Å². The molecule has 10 heteroatoms. The van der Waals surface area contributed by atoms with Gasteiger partial charge in [-0.05, 0) is 135 Å². The second kappa shape index (κ2) is 26.6. The largest absolute Gasteiger partial charge is 0.480 e. The van der Waals surface area contributed by atoms with E-state index in [4.69, 9.17) is 0 Å². The van der Waals surface area contributed by atoms with Crippen molar-refractivity contribution in [2.45, 2.75) is 170 Å². The van der Waals surface area contributed by atoms with E-state index < -0.39 is 18.4 Å². The summed E-state index contributed by atoms with van der Waals surface area (Å²) < 4.78 is 2.44. The number of nitrogens with zero attached hydrogens (tertiary/aromatic N) is 2. The van der Waals surface area contributed by atoms with Gasteiger partial charge in [0.05, 0.1) is 0 Å². The number of nitrogens with one attached hydrogen (secondary N) is 1. The molecule has 0 aliphatic rings. The first-order chi connectivity index (χ1) is 34.2. The first-order valence-corrected chi connectivity index (χ1v) is 29.6. The molecule has 0 fully saturated rings. The number of carboxylic acid groups (broad SMARTS) is 1.